The first-order valence-corrected chi connectivity index (χ1v) is 8.01. The van der Waals surface area contributed by atoms with E-state index in [-0.39, 0.29) is 11.6 Å². The van der Waals surface area contributed by atoms with Crippen LogP contribution in [0.15, 0.2) is 58.4 Å². The fraction of sp³-hybridized carbons (Fsp3) is 0. The molecule has 0 aromatic heterocycles. The zero-order valence-electron chi connectivity index (χ0n) is 12.1. The predicted octanol–water partition coefficient (Wildman–Crippen LogP) is 4.14. The van der Waals surface area contributed by atoms with Crippen LogP contribution >= 0.6 is 23.4 Å². The molecule has 0 unspecified atom stereocenters. The van der Waals surface area contributed by atoms with Gasteiger partial charge in [0.15, 0.2) is 5.17 Å². The number of nitro benzene ring substituents is 1. The second kappa shape index (κ2) is 6.86. The number of aliphatic imine (C=N–C) groups is 1. The van der Waals surface area contributed by atoms with Crippen molar-refractivity contribution in [2.45, 2.75) is 0 Å². The summed E-state index contributed by atoms with van der Waals surface area (Å²) in [6, 6.07) is 13.1. The van der Waals surface area contributed by atoms with Gasteiger partial charge in [0, 0.05) is 12.1 Å². The van der Waals surface area contributed by atoms with Gasteiger partial charge in [0.2, 0.25) is 0 Å². The first kappa shape index (κ1) is 16.2. The molecule has 6 nitrogen and oxygen atoms in total. The third-order valence-corrected chi connectivity index (χ3v) is 4.33. The van der Waals surface area contributed by atoms with E-state index < -0.39 is 4.92 Å². The highest BCUT2D eigenvalue weighted by Crippen LogP contribution is 2.31. The van der Waals surface area contributed by atoms with Crippen LogP contribution in [-0.4, -0.2) is 16.0 Å². The Morgan fingerprint density at radius 2 is 2.00 bits per heavy atom. The zero-order chi connectivity index (χ0) is 17.1. The van der Waals surface area contributed by atoms with E-state index in [0.29, 0.717) is 26.3 Å². The van der Waals surface area contributed by atoms with Crippen molar-refractivity contribution < 1.29 is 9.72 Å². The summed E-state index contributed by atoms with van der Waals surface area (Å²) in [4.78, 5) is 27.1. The minimum absolute atomic E-state index is 0.0299. The Balaban J connectivity index is 1.86. The summed E-state index contributed by atoms with van der Waals surface area (Å²) >= 11 is 7.20. The normalized spacial score (nSPS) is 17.3. The maximum Gasteiger partial charge on any atom is 0.270 e. The Morgan fingerprint density at radius 3 is 2.75 bits per heavy atom. The molecule has 1 aliphatic heterocycles. The number of hydrogen-bond donors (Lipinski definition) is 1. The van der Waals surface area contributed by atoms with Gasteiger partial charge in [-0.1, -0.05) is 35.9 Å². The average molecular weight is 360 g/mol. The number of thioether (sulfide) groups is 1. The van der Waals surface area contributed by atoms with E-state index in [2.05, 4.69) is 10.3 Å². The maximum atomic E-state index is 12.0. The third-order valence-electron chi connectivity index (χ3n) is 3.10. The van der Waals surface area contributed by atoms with E-state index >= 15 is 0 Å². The number of halogens is 1. The molecule has 8 heteroatoms. The van der Waals surface area contributed by atoms with Crippen LogP contribution in [0.3, 0.4) is 0 Å². The maximum absolute atomic E-state index is 12.0. The number of nitrogens with zero attached hydrogens (tertiary/aromatic N) is 2. The second-order valence-electron chi connectivity index (χ2n) is 4.79. The molecule has 1 saturated heterocycles. The number of amidine groups is 1. The lowest BCUT2D eigenvalue weighted by Crippen LogP contribution is -2.19. The molecular formula is C16H10ClN3O3S. The highest BCUT2D eigenvalue weighted by molar-refractivity contribution is 8.18. The molecule has 0 aliphatic carbocycles. The van der Waals surface area contributed by atoms with Crippen molar-refractivity contribution in [3.8, 4) is 0 Å². The zero-order valence-corrected chi connectivity index (χ0v) is 13.7. The number of para-hydroxylation sites is 1. The molecule has 0 atom stereocenters. The predicted molar refractivity (Wildman–Crippen MR) is 95.4 cm³/mol. The summed E-state index contributed by atoms with van der Waals surface area (Å²) < 4.78 is 0. The molecule has 1 amide bonds. The third kappa shape index (κ3) is 3.64. The lowest BCUT2D eigenvalue weighted by Gasteiger charge is -1.98. The highest BCUT2D eigenvalue weighted by atomic mass is 35.5. The van der Waals surface area contributed by atoms with E-state index in [0.717, 1.165) is 11.8 Å². The number of benzene rings is 2. The molecule has 3 rings (SSSR count). The van der Waals surface area contributed by atoms with Crippen molar-refractivity contribution in [2.24, 2.45) is 4.99 Å². The Kier molecular flexibility index (Phi) is 4.64. The largest absolute Gasteiger partial charge is 0.300 e. The van der Waals surface area contributed by atoms with E-state index in [1.165, 1.54) is 12.1 Å². The van der Waals surface area contributed by atoms with Gasteiger partial charge in [-0.25, -0.2) is 4.99 Å². The van der Waals surface area contributed by atoms with Crippen molar-refractivity contribution in [1.82, 2.24) is 5.32 Å². The van der Waals surface area contributed by atoms with Crippen LogP contribution in [0.4, 0.5) is 11.4 Å². The summed E-state index contributed by atoms with van der Waals surface area (Å²) in [6.07, 6.45) is 1.59. The van der Waals surface area contributed by atoms with Gasteiger partial charge in [-0.2, -0.15) is 0 Å². The molecule has 2 aromatic rings. The quantitative estimate of drug-likeness (QED) is 0.507. The van der Waals surface area contributed by atoms with Gasteiger partial charge in [-0.3, -0.25) is 14.9 Å². The minimum atomic E-state index is -0.478. The molecule has 0 radical (unpaired) electrons. The summed E-state index contributed by atoms with van der Waals surface area (Å²) in [5.74, 6) is -0.308. The van der Waals surface area contributed by atoms with Crippen molar-refractivity contribution in [2.75, 3.05) is 0 Å². The molecule has 24 heavy (non-hydrogen) atoms. The molecule has 0 spiro atoms. The van der Waals surface area contributed by atoms with E-state index in [4.69, 9.17) is 11.6 Å². The average Bonchev–Trinajstić information content (AvgIpc) is 2.89. The molecule has 0 bridgehead atoms. The van der Waals surface area contributed by atoms with Gasteiger partial charge in [0.25, 0.3) is 11.6 Å². The number of rotatable bonds is 3. The Morgan fingerprint density at radius 1 is 1.21 bits per heavy atom. The van der Waals surface area contributed by atoms with Crippen molar-refractivity contribution in [3.63, 3.8) is 0 Å². The summed E-state index contributed by atoms with van der Waals surface area (Å²) in [5, 5.41) is 14.4. The van der Waals surface area contributed by atoms with Gasteiger partial charge in [0.05, 0.1) is 20.5 Å². The molecule has 1 heterocycles. The number of carbonyl (C=O) groups is 1. The molecule has 1 N–H and O–H groups in total. The minimum Gasteiger partial charge on any atom is -0.300 e. The van der Waals surface area contributed by atoms with Crippen LogP contribution in [0.5, 0.6) is 0 Å². The Bertz CT molecular complexity index is 896. The van der Waals surface area contributed by atoms with Crippen molar-refractivity contribution in [1.29, 1.82) is 0 Å². The van der Waals surface area contributed by atoms with E-state index in [9.17, 15) is 14.9 Å². The van der Waals surface area contributed by atoms with Crippen LogP contribution in [0, 0.1) is 10.1 Å². The van der Waals surface area contributed by atoms with Gasteiger partial charge in [-0.15, -0.1) is 0 Å². The lowest BCUT2D eigenvalue weighted by molar-refractivity contribution is -0.384. The number of nitrogens with one attached hydrogen (secondary N) is 1. The van der Waals surface area contributed by atoms with Gasteiger partial charge in [0.1, 0.15) is 0 Å². The number of non-ortho nitro benzene ring substituents is 1. The van der Waals surface area contributed by atoms with Gasteiger partial charge < -0.3 is 5.32 Å². The summed E-state index contributed by atoms with van der Waals surface area (Å²) in [5.41, 5.74) is 1.09. The lowest BCUT2D eigenvalue weighted by atomic mass is 10.2. The smallest absolute Gasteiger partial charge is 0.270 e. The number of hydrogen-bond acceptors (Lipinski definition) is 5. The molecule has 1 fully saturated rings. The van der Waals surface area contributed by atoms with Gasteiger partial charge in [-0.05, 0) is 35.5 Å². The Labute approximate surface area is 146 Å². The van der Waals surface area contributed by atoms with Crippen LogP contribution in [0.2, 0.25) is 5.02 Å². The topological polar surface area (TPSA) is 84.6 Å². The highest BCUT2D eigenvalue weighted by Gasteiger charge is 2.24. The number of nitro groups is 1. The number of amides is 1. The first-order chi connectivity index (χ1) is 11.5. The summed E-state index contributed by atoms with van der Waals surface area (Å²) in [7, 11) is 0. The first-order valence-electron chi connectivity index (χ1n) is 6.81. The van der Waals surface area contributed by atoms with Crippen molar-refractivity contribution >= 4 is 51.9 Å². The number of carbonyl (C=O) groups excluding carboxylic acids is 1. The summed E-state index contributed by atoms with van der Waals surface area (Å²) in [6.45, 7) is 0. The van der Waals surface area contributed by atoms with E-state index in [1.54, 1.807) is 42.5 Å². The fourth-order valence-corrected chi connectivity index (χ4v) is 3.02. The van der Waals surface area contributed by atoms with Crippen LogP contribution < -0.4 is 5.32 Å². The SMILES string of the molecule is O=C1NC(=Nc2ccccc2Cl)S/C1=C\c1cccc([N+](=O)[O-])c1. The standard InChI is InChI=1S/C16H10ClN3O3S/c17-12-6-1-2-7-13(12)18-16-19-15(21)14(24-16)9-10-4-3-5-11(8-10)20(22)23/h1-9H,(H,18,19,21)/b14-9-. The molecule has 2 aromatic carbocycles. The van der Waals surface area contributed by atoms with Crippen molar-refractivity contribution in [3.05, 3.63) is 74.1 Å². The molecule has 0 saturated carbocycles. The molecular weight excluding hydrogens is 350 g/mol. The van der Waals surface area contributed by atoms with Crippen LogP contribution in [0.25, 0.3) is 6.08 Å². The van der Waals surface area contributed by atoms with Crippen LogP contribution in [-0.2, 0) is 4.79 Å². The Hall–Kier alpha value is -2.64. The van der Waals surface area contributed by atoms with Gasteiger partial charge >= 0.3 is 0 Å². The van der Waals surface area contributed by atoms with E-state index in [1.807, 2.05) is 0 Å². The van der Waals surface area contributed by atoms with Crippen LogP contribution in [0.1, 0.15) is 5.56 Å². The molecule has 120 valence electrons. The molecule has 1 aliphatic rings. The second-order valence-corrected chi connectivity index (χ2v) is 6.22. The fourth-order valence-electron chi connectivity index (χ4n) is 2.01. The monoisotopic (exact) mass is 359 g/mol.